The molecule has 1 aliphatic rings. The van der Waals surface area contributed by atoms with E-state index in [2.05, 4.69) is 24.1 Å². The topological polar surface area (TPSA) is 78.9 Å². The predicted molar refractivity (Wildman–Crippen MR) is 82.2 cm³/mol. The average Bonchev–Trinajstić information content (AvgIpc) is 2.90. The molecule has 2 rings (SSSR count). The van der Waals surface area contributed by atoms with E-state index in [1.165, 1.54) is 12.1 Å². The summed E-state index contributed by atoms with van der Waals surface area (Å²) < 4.78 is 5.45. The minimum Gasteiger partial charge on any atom is -0.478 e. The van der Waals surface area contributed by atoms with Crippen LogP contribution in [0.25, 0.3) is 0 Å². The number of likely N-dealkylation sites (tertiary alicyclic amines) is 1. The standard InChI is InChI=1S/C16H22N2O4/c1-10(2)18-8-13(14(9-18)22-3)17-15(19)11-5-4-6-12(7-11)16(20)21/h4-7,10,13-14H,8-9H2,1-3H3,(H,17,19)(H,20,21)/t13-,14-/m0/s1. The van der Waals surface area contributed by atoms with Crippen molar-refractivity contribution in [2.24, 2.45) is 0 Å². The Balaban J connectivity index is 2.08. The van der Waals surface area contributed by atoms with Crippen molar-refractivity contribution in [2.45, 2.75) is 32.0 Å². The fourth-order valence-corrected chi connectivity index (χ4v) is 2.65. The molecule has 6 heteroatoms. The summed E-state index contributed by atoms with van der Waals surface area (Å²) in [6, 6.07) is 6.31. The fourth-order valence-electron chi connectivity index (χ4n) is 2.65. The van der Waals surface area contributed by atoms with Crippen LogP contribution in [0.2, 0.25) is 0 Å². The van der Waals surface area contributed by atoms with E-state index in [4.69, 9.17) is 9.84 Å². The molecule has 1 heterocycles. The second kappa shape index (κ2) is 6.89. The number of methoxy groups -OCH3 is 1. The number of aromatic carboxylic acids is 1. The second-order valence-corrected chi connectivity index (χ2v) is 5.79. The normalized spacial score (nSPS) is 22.0. The largest absolute Gasteiger partial charge is 0.478 e. The summed E-state index contributed by atoms with van der Waals surface area (Å²) in [7, 11) is 1.64. The first-order valence-electron chi connectivity index (χ1n) is 7.33. The zero-order valence-corrected chi connectivity index (χ0v) is 13.1. The van der Waals surface area contributed by atoms with Gasteiger partial charge in [0.2, 0.25) is 0 Å². The van der Waals surface area contributed by atoms with Gasteiger partial charge in [-0.05, 0) is 32.0 Å². The maximum atomic E-state index is 12.3. The molecule has 22 heavy (non-hydrogen) atoms. The predicted octanol–water partition coefficient (Wildman–Crippen LogP) is 1.22. The lowest BCUT2D eigenvalue weighted by Crippen LogP contribution is -2.43. The van der Waals surface area contributed by atoms with Gasteiger partial charge in [0.25, 0.3) is 5.91 Å². The van der Waals surface area contributed by atoms with E-state index < -0.39 is 5.97 Å². The number of hydrogen-bond donors (Lipinski definition) is 2. The Morgan fingerprint density at radius 3 is 2.59 bits per heavy atom. The summed E-state index contributed by atoms with van der Waals surface area (Å²) in [6.45, 7) is 5.70. The van der Waals surface area contributed by atoms with Crippen molar-refractivity contribution in [2.75, 3.05) is 20.2 Å². The van der Waals surface area contributed by atoms with Crippen LogP contribution in [0.3, 0.4) is 0 Å². The summed E-state index contributed by atoms with van der Waals surface area (Å²) in [5.41, 5.74) is 0.448. The summed E-state index contributed by atoms with van der Waals surface area (Å²) in [5.74, 6) is -1.32. The molecular weight excluding hydrogens is 284 g/mol. The minimum atomic E-state index is -1.05. The van der Waals surface area contributed by atoms with E-state index in [-0.39, 0.29) is 23.6 Å². The number of carboxylic acid groups (broad SMARTS) is 1. The van der Waals surface area contributed by atoms with Crippen molar-refractivity contribution in [1.82, 2.24) is 10.2 Å². The van der Waals surface area contributed by atoms with Gasteiger partial charge in [0.15, 0.2) is 0 Å². The molecular formula is C16H22N2O4. The SMILES string of the molecule is CO[C@H]1CN(C(C)C)C[C@@H]1NC(=O)c1cccc(C(=O)O)c1. The number of carboxylic acids is 1. The molecule has 1 amide bonds. The van der Waals surface area contributed by atoms with Crippen molar-refractivity contribution < 1.29 is 19.4 Å². The Bertz CT molecular complexity index is 559. The van der Waals surface area contributed by atoms with Crippen LogP contribution in [0, 0.1) is 0 Å². The van der Waals surface area contributed by atoms with Gasteiger partial charge in [0.05, 0.1) is 17.7 Å². The fraction of sp³-hybridized carbons (Fsp3) is 0.500. The molecule has 0 aliphatic carbocycles. The number of ether oxygens (including phenoxy) is 1. The average molecular weight is 306 g/mol. The summed E-state index contributed by atoms with van der Waals surface area (Å²) in [4.78, 5) is 25.6. The number of rotatable bonds is 5. The van der Waals surface area contributed by atoms with Crippen molar-refractivity contribution in [1.29, 1.82) is 0 Å². The Morgan fingerprint density at radius 2 is 2.00 bits per heavy atom. The van der Waals surface area contributed by atoms with Crippen LogP contribution < -0.4 is 5.32 Å². The first-order chi connectivity index (χ1) is 10.4. The molecule has 1 aromatic rings. The molecule has 0 bridgehead atoms. The molecule has 1 aromatic carbocycles. The highest BCUT2D eigenvalue weighted by molar-refractivity contribution is 5.97. The van der Waals surface area contributed by atoms with Crippen LogP contribution in [-0.2, 0) is 4.74 Å². The van der Waals surface area contributed by atoms with Crippen molar-refractivity contribution in [3.05, 3.63) is 35.4 Å². The van der Waals surface area contributed by atoms with Crippen molar-refractivity contribution >= 4 is 11.9 Å². The third kappa shape index (κ3) is 3.64. The van der Waals surface area contributed by atoms with Gasteiger partial charge in [-0.25, -0.2) is 4.79 Å². The zero-order chi connectivity index (χ0) is 16.3. The number of benzene rings is 1. The Kier molecular flexibility index (Phi) is 5.15. The van der Waals surface area contributed by atoms with E-state index in [0.717, 1.165) is 13.1 Å². The molecule has 6 nitrogen and oxygen atoms in total. The molecule has 0 aromatic heterocycles. The lowest BCUT2D eigenvalue weighted by Gasteiger charge is -2.20. The number of nitrogens with zero attached hydrogens (tertiary/aromatic N) is 1. The Morgan fingerprint density at radius 1 is 1.32 bits per heavy atom. The molecule has 0 unspecified atom stereocenters. The molecule has 0 radical (unpaired) electrons. The summed E-state index contributed by atoms with van der Waals surface area (Å²) in [5, 5.41) is 11.9. The lowest BCUT2D eigenvalue weighted by molar-refractivity contribution is 0.0697. The van der Waals surface area contributed by atoms with Gasteiger partial charge in [0.1, 0.15) is 0 Å². The molecule has 120 valence electrons. The molecule has 2 atom stereocenters. The molecule has 2 N–H and O–H groups in total. The molecule has 0 spiro atoms. The number of carbonyl (C=O) groups is 2. The maximum absolute atomic E-state index is 12.3. The van der Waals surface area contributed by atoms with E-state index >= 15 is 0 Å². The van der Waals surface area contributed by atoms with Gasteiger partial charge in [0, 0.05) is 31.8 Å². The number of nitrogens with one attached hydrogen (secondary N) is 1. The van der Waals surface area contributed by atoms with Crippen LogP contribution in [-0.4, -0.2) is 60.3 Å². The Labute approximate surface area is 130 Å². The second-order valence-electron chi connectivity index (χ2n) is 5.79. The van der Waals surface area contributed by atoms with Crippen molar-refractivity contribution in [3.63, 3.8) is 0 Å². The molecule has 1 saturated heterocycles. The Hall–Kier alpha value is -1.92. The number of amides is 1. The minimum absolute atomic E-state index is 0.0611. The summed E-state index contributed by atoms with van der Waals surface area (Å²) in [6.07, 6.45) is -0.0611. The van der Waals surface area contributed by atoms with Gasteiger partial charge >= 0.3 is 5.97 Å². The van der Waals surface area contributed by atoms with Crippen LogP contribution in [0.4, 0.5) is 0 Å². The van der Waals surface area contributed by atoms with E-state index in [9.17, 15) is 9.59 Å². The quantitative estimate of drug-likeness (QED) is 0.855. The highest BCUT2D eigenvalue weighted by Crippen LogP contribution is 2.16. The number of hydrogen-bond acceptors (Lipinski definition) is 4. The van der Waals surface area contributed by atoms with Crippen LogP contribution in [0.1, 0.15) is 34.6 Å². The third-order valence-corrected chi connectivity index (χ3v) is 4.02. The van der Waals surface area contributed by atoms with Crippen molar-refractivity contribution in [3.8, 4) is 0 Å². The lowest BCUT2D eigenvalue weighted by atomic mass is 10.1. The van der Waals surface area contributed by atoms with Gasteiger partial charge in [-0.3, -0.25) is 9.69 Å². The summed E-state index contributed by atoms with van der Waals surface area (Å²) >= 11 is 0. The monoisotopic (exact) mass is 306 g/mol. The molecule has 1 fully saturated rings. The van der Waals surface area contributed by atoms with Crippen LogP contribution >= 0.6 is 0 Å². The maximum Gasteiger partial charge on any atom is 0.335 e. The zero-order valence-electron chi connectivity index (χ0n) is 13.1. The third-order valence-electron chi connectivity index (χ3n) is 4.02. The van der Waals surface area contributed by atoms with Gasteiger partial charge in [-0.2, -0.15) is 0 Å². The first-order valence-corrected chi connectivity index (χ1v) is 7.33. The van der Waals surface area contributed by atoms with Crippen LogP contribution in [0.15, 0.2) is 24.3 Å². The van der Waals surface area contributed by atoms with Gasteiger partial charge in [-0.1, -0.05) is 6.07 Å². The first kappa shape index (κ1) is 16.5. The smallest absolute Gasteiger partial charge is 0.335 e. The van der Waals surface area contributed by atoms with Gasteiger partial charge in [-0.15, -0.1) is 0 Å². The molecule has 0 saturated carbocycles. The van der Waals surface area contributed by atoms with E-state index in [1.807, 2.05) is 0 Å². The van der Waals surface area contributed by atoms with E-state index in [0.29, 0.717) is 11.6 Å². The highest BCUT2D eigenvalue weighted by Gasteiger charge is 2.35. The highest BCUT2D eigenvalue weighted by atomic mass is 16.5. The van der Waals surface area contributed by atoms with E-state index in [1.54, 1.807) is 19.2 Å². The molecule has 1 aliphatic heterocycles. The number of carbonyl (C=O) groups excluding carboxylic acids is 1. The van der Waals surface area contributed by atoms with Gasteiger partial charge < -0.3 is 15.2 Å². The van der Waals surface area contributed by atoms with Crippen LogP contribution in [0.5, 0.6) is 0 Å².